The van der Waals surface area contributed by atoms with E-state index in [1.54, 1.807) is 14.2 Å². The van der Waals surface area contributed by atoms with Crippen molar-refractivity contribution in [1.29, 1.82) is 0 Å². The third kappa shape index (κ3) is 4.60. The van der Waals surface area contributed by atoms with Crippen LogP contribution in [0.4, 0.5) is 0 Å². The SMILES string of the molecule is COc1ccc(OCCN2CCN(C(=O)C3=Cc4ccc(OC)cc4C3)CC2)cc1. The van der Waals surface area contributed by atoms with E-state index >= 15 is 0 Å². The van der Waals surface area contributed by atoms with Gasteiger partial charge in [0.05, 0.1) is 14.2 Å². The molecule has 6 nitrogen and oxygen atoms in total. The molecule has 0 bridgehead atoms. The topological polar surface area (TPSA) is 51.2 Å². The van der Waals surface area contributed by atoms with E-state index in [9.17, 15) is 4.79 Å². The molecule has 2 aliphatic rings. The maximum Gasteiger partial charge on any atom is 0.250 e. The summed E-state index contributed by atoms with van der Waals surface area (Å²) in [5.41, 5.74) is 3.15. The molecule has 0 spiro atoms. The number of methoxy groups -OCH3 is 2. The summed E-state index contributed by atoms with van der Waals surface area (Å²) in [6.45, 7) is 4.71. The van der Waals surface area contributed by atoms with Crippen molar-refractivity contribution < 1.29 is 19.0 Å². The van der Waals surface area contributed by atoms with Crippen LogP contribution >= 0.6 is 0 Å². The van der Waals surface area contributed by atoms with E-state index in [2.05, 4.69) is 4.90 Å². The molecule has 1 fully saturated rings. The summed E-state index contributed by atoms with van der Waals surface area (Å²) in [6.07, 6.45) is 2.70. The molecule has 0 radical (unpaired) electrons. The van der Waals surface area contributed by atoms with Gasteiger partial charge in [-0.25, -0.2) is 0 Å². The molecule has 30 heavy (non-hydrogen) atoms. The Labute approximate surface area is 177 Å². The number of hydrogen-bond acceptors (Lipinski definition) is 5. The molecular formula is C24H28N2O4. The molecule has 6 heteroatoms. The highest BCUT2D eigenvalue weighted by atomic mass is 16.5. The monoisotopic (exact) mass is 408 g/mol. The van der Waals surface area contributed by atoms with Crippen LogP contribution in [-0.2, 0) is 11.2 Å². The van der Waals surface area contributed by atoms with Crippen molar-refractivity contribution in [3.8, 4) is 17.2 Å². The smallest absolute Gasteiger partial charge is 0.250 e. The molecule has 1 saturated heterocycles. The third-order valence-corrected chi connectivity index (χ3v) is 5.73. The van der Waals surface area contributed by atoms with E-state index in [0.29, 0.717) is 13.0 Å². The Bertz CT molecular complexity index is 915. The van der Waals surface area contributed by atoms with E-state index in [4.69, 9.17) is 14.2 Å². The maximum atomic E-state index is 13.0. The summed E-state index contributed by atoms with van der Waals surface area (Å²) in [5.74, 6) is 2.65. The predicted molar refractivity (Wildman–Crippen MR) is 116 cm³/mol. The van der Waals surface area contributed by atoms with E-state index in [-0.39, 0.29) is 5.91 Å². The highest BCUT2D eigenvalue weighted by Gasteiger charge is 2.26. The van der Waals surface area contributed by atoms with Gasteiger partial charge in [0.15, 0.2) is 0 Å². The van der Waals surface area contributed by atoms with Crippen LogP contribution in [0.2, 0.25) is 0 Å². The van der Waals surface area contributed by atoms with Crippen LogP contribution in [-0.4, -0.2) is 69.3 Å². The Morgan fingerprint density at radius 3 is 2.27 bits per heavy atom. The fourth-order valence-corrected chi connectivity index (χ4v) is 3.93. The highest BCUT2D eigenvalue weighted by molar-refractivity contribution is 6.00. The van der Waals surface area contributed by atoms with Crippen molar-refractivity contribution in [2.24, 2.45) is 0 Å². The Balaban J connectivity index is 1.22. The largest absolute Gasteiger partial charge is 0.497 e. The lowest BCUT2D eigenvalue weighted by molar-refractivity contribution is -0.128. The number of fused-ring (bicyclic) bond motifs is 1. The van der Waals surface area contributed by atoms with Gasteiger partial charge in [0.2, 0.25) is 5.91 Å². The van der Waals surface area contributed by atoms with E-state index in [0.717, 1.165) is 66.7 Å². The van der Waals surface area contributed by atoms with Crippen LogP contribution in [0.15, 0.2) is 48.0 Å². The third-order valence-electron chi connectivity index (χ3n) is 5.73. The Morgan fingerprint density at radius 1 is 0.900 bits per heavy atom. The van der Waals surface area contributed by atoms with Crippen LogP contribution < -0.4 is 14.2 Å². The minimum Gasteiger partial charge on any atom is -0.497 e. The zero-order chi connectivity index (χ0) is 20.9. The summed E-state index contributed by atoms with van der Waals surface area (Å²) >= 11 is 0. The van der Waals surface area contributed by atoms with Gasteiger partial charge in [-0.15, -0.1) is 0 Å². The van der Waals surface area contributed by atoms with Gasteiger partial charge in [-0.3, -0.25) is 9.69 Å². The van der Waals surface area contributed by atoms with Gasteiger partial charge in [0, 0.05) is 44.7 Å². The number of carbonyl (C=O) groups excluding carboxylic acids is 1. The van der Waals surface area contributed by atoms with Crippen LogP contribution in [0.3, 0.4) is 0 Å². The number of hydrogen-bond donors (Lipinski definition) is 0. The van der Waals surface area contributed by atoms with Gasteiger partial charge < -0.3 is 19.1 Å². The second-order valence-electron chi connectivity index (χ2n) is 7.57. The Hall–Kier alpha value is -2.99. The quantitative estimate of drug-likeness (QED) is 0.705. The lowest BCUT2D eigenvalue weighted by atomic mass is 10.1. The molecule has 4 rings (SSSR count). The number of rotatable bonds is 7. The molecule has 1 aliphatic carbocycles. The first kappa shape index (κ1) is 20.3. The van der Waals surface area contributed by atoms with Crippen molar-refractivity contribution >= 4 is 12.0 Å². The summed E-state index contributed by atoms with van der Waals surface area (Å²) in [4.78, 5) is 17.3. The summed E-state index contributed by atoms with van der Waals surface area (Å²) in [7, 11) is 3.32. The molecule has 0 N–H and O–H groups in total. The molecule has 0 aromatic heterocycles. The zero-order valence-corrected chi connectivity index (χ0v) is 17.6. The number of nitrogens with zero attached hydrogens (tertiary/aromatic N) is 2. The first-order chi connectivity index (χ1) is 14.7. The van der Waals surface area contributed by atoms with Crippen molar-refractivity contribution in [3.63, 3.8) is 0 Å². The van der Waals surface area contributed by atoms with Gasteiger partial charge in [-0.2, -0.15) is 0 Å². The lowest BCUT2D eigenvalue weighted by Gasteiger charge is -2.34. The van der Waals surface area contributed by atoms with E-state index in [1.165, 1.54) is 0 Å². The molecule has 2 aromatic carbocycles. The van der Waals surface area contributed by atoms with Crippen LogP contribution in [0.25, 0.3) is 6.08 Å². The second kappa shape index (κ2) is 9.22. The summed E-state index contributed by atoms with van der Waals surface area (Å²) in [6, 6.07) is 13.6. The summed E-state index contributed by atoms with van der Waals surface area (Å²) < 4.78 is 16.3. The van der Waals surface area contributed by atoms with Crippen molar-refractivity contribution in [1.82, 2.24) is 9.80 Å². The van der Waals surface area contributed by atoms with Crippen molar-refractivity contribution in [2.45, 2.75) is 6.42 Å². The number of carbonyl (C=O) groups is 1. The lowest BCUT2D eigenvalue weighted by Crippen LogP contribution is -2.49. The molecule has 158 valence electrons. The summed E-state index contributed by atoms with van der Waals surface area (Å²) in [5, 5.41) is 0. The highest BCUT2D eigenvalue weighted by Crippen LogP contribution is 2.29. The average molecular weight is 408 g/mol. The number of ether oxygens (including phenoxy) is 3. The van der Waals surface area contributed by atoms with Gasteiger partial charge in [-0.1, -0.05) is 6.07 Å². The molecular weight excluding hydrogens is 380 g/mol. The maximum absolute atomic E-state index is 13.0. The molecule has 2 aromatic rings. The van der Waals surface area contributed by atoms with Crippen molar-refractivity contribution in [3.05, 3.63) is 59.2 Å². The van der Waals surface area contributed by atoms with E-state index < -0.39 is 0 Å². The zero-order valence-electron chi connectivity index (χ0n) is 17.6. The fourth-order valence-electron chi connectivity index (χ4n) is 3.93. The minimum absolute atomic E-state index is 0.152. The minimum atomic E-state index is 0.152. The van der Waals surface area contributed by atoms with Gasteiger partial charge in [-0.05, 0) is 53.6 Å². The normalized spacial score (nSPS) is 16.1. The molecule has 0 unspecified atom stereocenters. The van der Waals surface area contributed by atoms with Crippen molar-refractivity contribution in [2.75, 3.05) is 53.6 Å². The van der Waals surface area contributed by atoms with E-state index in [1.807, 2.05) is 53.4 Å². The fraction of sp³-hybridized carbons (Fsp3) is 0.375. The first-order valence-electron chi connectivity index (χ1n) is 10.3. The Kier molecular flexibility index (Phi) is 6.23. The van der Waals surface area contributed by atoms with Gasteiger partial charge >= 0.3 is 0 Å². The molecule has 0 atom stereocenters. The second-order valence-corrected chi connectivity index (χ2v) is 7.57. The molecule has 0 saturated carbocycles. The standard InChI is InChI=1S/C24H28N2O4/c1-28-21-5-7-22(8-6-21)30-14-13-25-9-11-26(12-10-25)24(27)20-15-18-3-4-23(29-2)17-19(18)16-20/h3-8,15,17H,9-14,16H2,1-2H3. The van der Waals surface area contributed by atoms with Gasteiger partial charge in [0.1, 0.15) is 23.9 Å². The first-order valence-corrected chi connectivity index (χ1v) is 10.3. The van der Waals surface area contributed by atoms with Gasteiger partial charge in [0.25, 0.3) is 0 Å². The van der Waals surface area contributed by atoms with Crippen LogP contribution in [0.5, 0.6) is 17.2 Å². The van der Waals surface area contributed by atoms with Crippen LogP contribution in [0.1, 0.15) is 11.1 Å². The van der Waals surface area contributed by atoms with Crippen LogP contribution in [0, 0.1) is 0 Å². The molecule has 1 aliphatic heterocycles. The Morgan fingerprint density at radius 2 is 1.57 bits per heavy atom. The number of amides is 1. The average Bonchev–Trinajstić information content (AvgIpc) is 3.23. The number of benzene rings is 2. The molecule has 1 heterocycles. The predicted octanol–water partition coefficient (Wildman–Crippen LogP) is 2.87. The number of piperazine rings is 1. The molecule has 1 amide bonds.